The second-order valence-electron chi connectivity index (χ2n) is 8.85. The van der Waals surface area contributed by atoms with Gasteiger partial charge in [0.25, 0.3) is 0 Å². The second-order valence-corrected chi connectivity index (χ2v) is 8.85. The monoisotopic (exact) mass is 436 g/mol. The third-order valence-electron chi connectivity index (χ3n) is 6.27. The van der Waals surface area contributed by atoms with Crippen molar-refractivity contribution in [2.24, 2.45) is 0 Å². The summed E-state index contributed by atoms with van der Waals surface area (Å²) in [6, 6.07) is 39.3. The molecule has 0 heterocycles. The zero-order chi connectivity index (χ0) is 23.3. The lowest BCUT2D eigenvalue weighted by molar-refractivity contribution is 1.46. The fourth-order valence-corrected chi connectivity index (χ4v) is 4.24. The van der Waals surface area contributed by atoms with Crippen LogP contribution in [0.3, 0.4) is 0 Å². The summed E-state index contributed by atoms with van der Waals surface area (Å²) in [5.41, 5.74) is 7.44. The van der Waals surface area contributed by atoms with Gasteiger partial charge in [-0.05, 0) is 57.6 Å². The predicted octanol–water partition coefficient (Wildman–Crippen LogP) is 9.51. The molecular weight excluding hydrogens is 408 g/mol. The Bertz CT molecular complexity index is 1350. The van der Waals surface area contributed by atoms with Gasteiger partial charge in [0.15, 0.2) is 0 Å². The SMILES string of the molecule is Cc1ccc(/C=C\c2c3cccc2ccc2cccc(cc3)c2/C=C/c2ccc(C)cc2)cc1. The lowest BCUT2D eigenvalue weighted by Crippen LogP contribution is -1.81. The van der Waals surface area contributed by atoms with E-state index in [0.29, 0.717) is 0 Å². The molecule has 34 heavy (non-hydrogen) atoms. The summed E-state index contributed by atoms with van der Waals surface area (Å²) in [6.45, 7) is 4.24. The molecule has 0 aliphatic rings. The average molecular weight is 437 g/mol. The molecule has 0 saturated carbocycles. The Morgan fingerprint density at radius 2 is 0.676 bits per heavy atom. The van der Waals surface area contributed by atoms with Crippen molar-refractivity contribution < 1.29 is 0 Å². The number of hydrogen-bond donors (Lipinski definition) is 0. The van der Waals surface area contributed by atoms with Crippen LogP contribution in [0.4, 0.5) is 0 Å². The third-order valence-corrected chi connectivity index (χ3v) is 6.27. The van der Waals surface area contributed by atoms with Crippen LogP contribution in [-0.2, 0) is 0 Å². The number of fused-ring (bicyclic) bond motifs is 4. The van der Waals surface area contributed by atoms with Gasteiger partial charge in [-0.3, -0.25) is 0 Å². The van der Waals surface area contributed by atoms with Gasteiger partial charge in [0.2, 0.25) is 0 Å². The summed E-state index contributed by atoms with van der Waals surface area (Å²) in [5, 5.41) is 4.86. The maximum Gasteiger partial charge on any atom is -0.0111 e. The molecule has 5 aromatic carbocycles. The maximum atomic E-state index is 2.24. The average Bonchev–Trinajstić information content (AvgIpc) is 2.86. The predicted molar refractivity (Wildman–Crippen MR) is 150 cm³/mol. The molecule has 0 radical (unpaired) electrons. The van der Waals surface area contributed by atoms with Crippen LogP contribution in [0.5, 0.6) is 0 Å². The van der Waals surface area contributed by atoms with Crippen LogP contribution in [0.2, 0.25) is 0 Å². The van der Waals surface area contributed by atoms with E-state index < -0.39 is 0 Å². The van der Waals surface area contributed by atoms with E-state index in [1.807, 2.05) is 0 Å². The van der Waals surface area contributed by atoms with Gasteiger partial charge in [0, 0.05) is 0 Å². The molecule has 164 valence electrons. The molecule has 0 unspecified atom stereocenters. The minimum Gasteiger partial charge on any atom is -0.0610 e. The Hall–Kier alpha value is -4.16. The molecule has 5 rings (SSSR count). The first-order chi connectivity index (χ1) is 16.7. The van der Waals surface area contributed by atoms with Crippen molar-refractivity contribution in [1.82, 2.24) is 0 Å². The summed E-state index contributed by atoms with van der Waals surface area (Å²) in [6.07, 6.45) is 8.87. The zero-order valence-electron chi connectivity index (χ0n) is 19.7. The Labute approximate surface area is 202 Å². The van der Waals surface area contributed by atoms with Crippen LogP contribution in [0.25, 0.3) is 45.8 Å². The number of aryl methyl sites for hydroxylation is 2. The highest BCUT2D eigenvalue weighted by atomic mass is 14.1. The molecule has 5 aromatic rings. The number of hydrogen-bond acceptors (Lipinski definition) is 0. The fraction of sp³-hybridized carbons (Fsp3) is 0.0588. The van der Waals surface area contributed by atoms with Gasteiger partial charge in [0.05, 0.1) is 0 Å². The zero-order valence-corrected chi connectivity index (χ0v) is 19.7. The molecule has 0 amide bonds. The van der Waals surface area contributed by atoms with E-state index in [2.05, 4.69) is 147 Å². The molecule has 4 bridgehead atoms. The van der Waals surface area contributed by atoms with Crippen molar-refractivity contribution in [3.63, 3.8) is 0 Å². The lowest BCUT2D eigenvalue weighted by atomic mass is 10.00. The molecule has 0 aliphatic heterocycles. The molecule has 0 spiro atoms. The normalized spacial score (nSPS) is 11.6. The summed E-state index contributed by atoms with van der Waals surface area (Å²) in [4.78, 5) is 0. The van der Waals surface area contributed by atoms with Crippen molar-refractivity contribution in [1.29, 1.82) is 0 Å². The molecule has 0 N–H and O–H groups in total. The largest absolute Gasteiger partial charge is 0.0610 e. The first kappa shape index (κ1) is 21.7. The first-order valence-corrected chi connectivity index (χ1v) is 11.8. The van der Waals surface area contributed by atoms with Crippen LogP contribution in [0, 0.1) is 13.8 Å². The van der Waals surface area contributed by atoms with E-state index in [1.54, 1.807) is 0 Å². The summed E-state index contributed by atoms with van der Waals surface area (Å²) in [7, 11) is 0. The van der Waals surface area contributed by atoms with Crippen LogP contribution in [0.15, 0.2) is 109 Å². The van der Waals surface area contributed by atoms with Crippen LogP contribution in [0.1, 0.15) is 33.4 Å². The Balaban J connectivity index is 1.63. The molecule has 0 aromatic heterocycles. The van der Waals surface area contributed by atoms with Gasteiger partial charge in [-0.25, -0.2) is 0 Å². The highest BCUT2D eigenvalue weighted by molar-refractivity contribution is 5.94. The molecular formula is C34H28. The van der Waals surface area contributed by atoms with Crippen molar-refractivity contribution in [2.75, 3.05) is 0 Å². The van der Waals surface area contributed by atoms with E-state index in [0.717, 1.165) is 0 Å². The van der Waals surface area contributed by atoms with Gasteiger partial charge in [0.1, 0.15) is 0 Å². The van der Waals surface area contributed by atoms with Crippen molar-refractivity contribution in [3.05, 3.63) is 143 Å². The van der Waals surface area contributed by atoms with Gasteiger partial charge in [-0.2, -0.15) is 0 Å². The quantitative estimate of drug-likeness (QED) is 0.246. The number of rotatable bonds is 4. The topological polar surface area (TPSA) is 0 Å². The Morgan fingerprint density at radius 3 is 1.00 bits per heavy atom. The van der Waals surface area contributed by atoms with Crippen molar-refractivity contribution in [3.8, 4) is 0 Å². The fourth-order valence-electron chi connectivity index (χ4n) is 4.24. The molecule has 0 atom stereocenters. The summed E-state index contributed by atoms with van der Waals surface area (Å²) < 4.78 is 0. The van der Waals surface area contributed by atoms with E-state index in [9.17, 15) is 0 Å². The van der Waals surface area contributed by atoms with Gasteiger partial charge >= 0.3 is 0 Å². The van der Waals surface area contributed by atoms with Crippen molar-refractivity contribution >= 4 is 45.8 Å². The lowest BCUT2D eigenvalue weighted by Gasteiger charge is -2.05. The Kier molecular flexibility index (Phi) is 6.23. The minimum atomic E-state index is 1.21. The molecule has 0 nitrogen and oxygen atoms in total. The van der Waals surface area contributed by atoms with Gasteiger partial charge in [-0.15, -0.1) is 0 Å². The second kappa shape index (κ2) is 9.77. The molecule has 0 heteroatoms. The van der Waals surface area contributed by atoms with Gasteiger partial charge < -0.3 is 0 Å². The summed E-state index contributed by atoms with van der Waals surface area (Å²) >= 11 is 0. The van der Waals surface area contributed by atoms with Crippen LogP contribution >= 0.6 is 0 Å². The standard InChI is InChI=1S/C34H28/c1-25-9-13-27(14-10-25)17-23-33-29-5-3-6-30(33)20-22-32-8-4-7-31(21-19-29)34(32)24-18-28-15-11-26(2)12-16-28/h3-24H,1-2H3/b21-19?,22-20?,23-17-,24-18+. The van der Waals surface area contributed by atoms with E-state index in [-0.39, 0.29) is 0 Å². The third kappa shape index (κ3) is 4.92. The van der Waals surface area contributed by atoms with E-state index >= 15 is 0 Å². The number of benzene rings is 4. The minimum absolute atomic E-state index is 1.21. The van der Waals surface area contributed by atoms with E-state index in [1.165, 1.54) is 54.9 Å². The molecule has 0 aliphatic carbocycles. The molecule has 0 fully saturated rings. The smallest absolute Gasteiger partial charge is 0.0111 e. The summed E-state index contributed by atoms with van der Waals surface area (Å²) in [5.74, 6) is 0. The van der Waals surface area contributed by atoms with Crippen LogP contribution in [-0.4, -0.2) is 0 Å². The highest BCUT2D eigenvalue weighted by Crippen LogP contribution is 2.25. The van der Waals surface area contributed by atoms with Gasteiger partial charge in [-0.1, -0.05) is 145 Å². The Morgan fingerprint density at radius 1 is 0.353 bits per heavy atom. The first-order valence-electron chi connectivity index (χ1n) is 11.8. The maximum absolute atomic E-state index is 2.24. The highest BCUT2D eigenvalue weighted by Gasteiger charge is 2.01. The van der Waals surface area contributed by atoms with E-state index in [4.69, 9.17) is 0 Å². The van der Waals surface area contributed by atoms with Crippen LogP contribution < -0.4 is 0 Å². The van der Waals surface area contributed by atoms with Crippen molar-refractivity contribution in [2.45, 2.75) is 13.8 Å². The molecule has 0 saturated heterocycles.